The minimum Gasteiger partial charge on any atom is -0.444 e. The summed E-state index contributed by atoms with van der Waals surface area (Å²) in [7, 11) is 0. The monoisotopic (exact) mass is 341 g/mol. The van der Waals surface area contributed by atoms with Gasteiger partial charge in [-0.3, -0.25) is 4.79 Å². The van der Waals surface area contributed by atoms with E-state index in [9.17, 15) is 9.59 Å². The van der Waals surface area contributed by atoms with E-state index in [1.807, 2.05) is 34.6 Å². The molecule has 0 saturated carbocycles. The van der Waals surface area contributed by atoms with Crippen LogP contribution in [-0.4, -0.2) is 54.2 Å². The van der Waals surface area contributed by atoms with Crippen LogP contribution in [0.25, 0.3) is 0 Å². The zero-order valence-corrected chi connectivity index (χ0v) is 16.1. The Bertz CT molecular complexity index is 420. The summed E-state index contributed by atoms with van der Waals surface area (Å²) < 4.78 is 5.47. The van der Waals surface area contributed by atoms with E-state index < -0.39 is 5.60 Å². The van der Waals surface area contributed by atoms with Crippen molar-refractivity contribution in [2.75, 3.05) is 19.6 Å². The van der Waals surface area contributed by atoms with Crippen molar-refractivity contribution in [1.29, 1.82) is 0 Å². The summed E-state index contributed by atoms with van der Waals surface area (Å²) in [6, 6.07) is -0.0685. The molecule has 2 amide bonds. The van der Waals surface area contributed by atoms with E-state index in [-0.39, 0.29) is 24.1 Å². The normalized spacial score (nSPS) is 21.1. The lowest BCUT2D eigenvalue weighted by molar-refractivity contribution is -0.123. The van der Waals surface area contributed by atoms with Crippen LogP contribution in [0.5, 0.6) is 0 Å². The van der Waals surface area contributed by atoms with Gasteiger partial charge in [-0.25, -0.2) is 4.79 Å². The molecule has 0 spiro atoms. The molecule has 0 radical (unpaired) electrons. The molecule has 1 aliphatic heterocycles. The van der Waals surface area contributed by atoms with Crippen molar-refractivity contribution in [2.45, 2.75) is 78.5 Å². The maximum atomic E-state index is 12.2. The molecule has 3 atom stereocenters. The van der Waals surface area contributed by atoms with Crippen LogP contribution in [-0.2, 0) is 9.53 Å². The van der Waals surface area contributed by atoms with E-state index in [0.29, 0.717) is 19.0 Å². The number of ether oxygens (including phenoxy) is 1. The number of nitrogens with zero attached hydrogens (tertiary/aromatic N) is 1. The second-order valence-electron chi connectivity index (χ2n) is 7.80. The van der Waals surface area contributed by atoms with Gasteiger partial charge >= 0.3 is 6.09 Å². The minimum atomic E-state index is -0.472. The van der Waals surface area contributed by atoms with Crippen LogP contribution >= 0.6 is 0 Å². The van der Waals surface area contributed by atoms with Gasteiger partial charge in [0.15, 0.2) is 0 Å². The van der Waals surface area contributed by atoms with Crippen molar-refractivity contribution < 1.29 is 14.3 Å². The van der Waals surface area contributed by atoms with E-state index in [2.05, 4.69) is 17.6 Å². The Morgan fingerprint density at radius 1 is 1.29 bits per heavy atom. The number of hydrogen-bond donors (Lipinski definition) is 2. The Morgan fingerprint density at radius 3 is 2.54 bits per heavy atom. The van der Waals surface area contributed by atoms with Gasteiger partial charge in [0.25, 0.3) is 0 Å². The predicted molar refractivity (Wildman–Crippen MR) is 95.9 cm³/mol. The van der Waals surface area contributed by atoms with Crippen molar-refractivity contribution in [3.8, 4) is 0 Å². The molecule has 6 nitrogen and oxygen atoms in total. The van der Waals surface area contributed by atoms with E-state index in [4.69, 9.17) is 4.74 Å². The summed E-state index contributed by atoms with van der Waals surface area (Å²) >= 11 is 0. The Hall–Kier alpha value is -1.30. The average Bonchev–Trinajstić information content (AvgIpc) is 2.50. The Morgan fingerprint density at radius 2 is 1.96 bits per heavy atom. The van der Waals surface area contributed by atoms with Crippen LogP contribution in [0.2, 0.25) is 0 Å². The molecule has 140 valence electrons. The van der Waals surface area contributed by atoms with Gasteiger partial charge in [0.1, 0.15) is 5.60 Å². The lowest BCUT2D eigenvalue weighted by atomic mass is 9.91. The summed E-state index contributed by atoms with van der Waals surface area (Å²) in [6.45, 7) is 13.8. The maximum Gasteiger partial charge on any atom is 0.410 e. The molecule has 6 heteroatoms. The Balaban J connectivity index is 2.51. The number of carbonyl (C=O) groups excluding carboxylic acids is 2. The highest BCUT2D eigenvalue weighted by atomic mass is 16.6. The second kappa shape index (κ2) is 9.25. The van der Waals surface area contributed by atoms with Crippen LogP contribution in [0.15, 0.2) is 0 Å². The average molecular weight is 341 g/mol. The quantitative estimate of drug-likeness (QED) is 0.779. The number of rotatable bonds is 6. The topological polar surface area (TPSA) is 70.7 Å². The molecular formula is C18H35N3O3. The van der Waals surface area contributed by atoms with Crippen LogP contribution in [0.3, 0.4) is 0 Å². The number of carbonyl (C=O) groups is 2. The zero-order valence-electron chi connectivity index (χ0n) is 16.1. The van der Waals surface area contributed by atoms with E-state index in [1.165, 1.54) is 0 Å². The van der Waals surface area contributed by atoms with Gasteiger partial charge in [0.05, 0.1) is 6.04 Å². The number of piperidine rings is 1. The first kappa shape index (κ1) is 20.7. The third kappa shape index (κ3) is 7.07. The van der Waals surface area contributed by atoms with Crippen LogP contribution in [0, 0.1) is 5.92 Å². The molecule has 0 aliphatic carbocycles. The second-order valence-corrected chi connectivity index (χ2v) is 7.80. The van der Waals surface area contributed by atoms with Gasteiger partial charge in [-0.1, -0.05) is 6.92 Å². The summed E-state index contributed by atoms with van der Waals surface area (Å²) in [6.07, 6.45) is 2.71. The first-order valence-electron chi connectivity index (χ1n) is 9.15. The lowest BCUT2D eigenvalue weighted by Crippen LogP contribution is -2.52. The summed E-state index contributed by atoms with van der Waals surface area (Å²) in [5.41, 5.74) is -0.472. The van der Waals surface area contributed by atoms with Crippen molar-refractivity contribution >= 4 is 12.0 Å². The molecule has 2 N–H and O–H groups in total. The molecule has 1 heterocycles. The molecule has 3 unspecified atom stereocenters. The predicted octanol–water partition coefficient (Wildman–Crippen LogP) is 2.53. The van der Waals surface area contributed by atoms with Gasteiger partial charge < -0.3 is 20.3 Å². The van der Waals surface area contributed by atoms with E-state index in [1.54, 1.807) is 4.90 Å². The highest BCUT2D eigenvalue weighted by molar-refractivity contribution is 5.81. The van der Waals surface area contributed by atoms with Crippen LogP contribution in [0.1, 0.15) is 60.8 Å². The van der Waals surface area contributed by atoms with Crippen molar-refractivity contribution in [3.63, 3.8) is 0 Å². The van der Waals surface area contributed by atoms with Gasteiger partial charge in [-0.05, 0) is 59.8 Å². The molecule has 0 aromatic carbocycles. The van der Waals surface area contributed by atoms with Crippen LogP contribution in [0.4, 0.5) is 4.79 Å². The summed E-state index contributed by atoms with van der Waals surface area (Å²) in [5, 5.41) is 6.28. The van der Waals surface area contributed by atoms with Gasteiger partial charge in [0, 0.05) is 25.7 Å². The molecule has 1 aliphatic rings. The largest absolute Gasteiger partial charge is 0.444 e. The SMILES string of the molecule is CCCNC(=O)C(C)NC(C)C1CCCN(C(=O)OC(C)(C)C)C1. The van der Waals surface area contributed by atoms with E-state index >= 15 is 0 Å². The first-order chi connectivity index (χ1) is 11.1. The highest BCUT2D eigenvalue weighted by Crippen LogP contribution is 2.22. The first-order valence-corrected chi connectivity index (χ1v) is 9.15. The summed E-state index contributed by atoms with van der Waals surface area (Å²) in [5.74, 6) is 0.358. The Kier molecular flexibility index (Phi) is 8.00. The zero-order chi connectivity index (χ0) is 18.3. The van der Waals surface area contributed by atoms with E-state index in [0.717, 1.165) is 25.8 Å². The number of nitrogens with one attached hydrogen (secondary N) is 2. The van der Waals surface area contributed by atoms with Crippen molar-refractivity contribution in [1.82, 2.24) is 15.5 Å². The summed E-state index contributed by atoms with van der Waals surface area (Å²) in [4.78, 5) is 26.0. The fourth-order valence-corrected chi connectivity index (χ4v) is 2.92. The van der Waals surface area contributed by atoms with Gasteiger partial charge in [-0.15, -0.1) is 0 Å². The molecule has 24 heavy (non-hydrogen) atoms. The molecular weight excluding hydrogens is 306 g/mol. The van der Waals surface area contributed by atoms with Gasteiger partial charge in [-0.2, -0.15) is 0 Å². The lowest BCUT2D eigenvalue weighted by Gasteiger charge is -2.37. The number of hydrogen-bond acceptors (Lipinski definition) is 4. The molecule has 0 bridgehead atoms. The molecule has 0 aromatic heterocycles. The fraction of sp³-hybridized carbons (Fsp3) is 0.889. The molecule has 1 saturated heterocycles. The molecule has 1 fully saturated rings. The van der Waals surface area contributed by atoms with Crippen molar-refractivity contribution in [2.24, 2.45) is 5.92 Å². The van der Waals surface area contributed by atoms with Crippen LogP contribution < -0.4 is 10.6 Å². The molecule has 1 rings (SSSR count). The molecule has 0 aromatic rings. The minimum absolute atomic E-state index is 0.0310. The van der Waals surface area contributed by atoms with Crippen molar-refractivity contribution in [3.05, 3.63) is 0 Å². The van der Waals surface area contributed by atoms with Gasteiger partial charge in [0.2, 0.25) is 5.91 Å². The smallest absolute Gasteiger partial charge is 0.410 e. The standard InChI is InChI=1S/C18H35N3O3/c1-7-10-19-16(22)14(3)20-13(2)15-9-8-11-21(12-15)17(23)24-18(4,5)6/h13-15,20H,7-12H2,1-6H3,(H,19,22). The third-order valence-corrected chi connectivity index (χ3v) is 4.27. The number of likely N-dealkylation sites (tertiary alicyclic amines) is 1. The number of amides is 2. The third-order valence-electron chi connectivity index (χ3n) is 4.27. The Labute approximate surface area is 146 Å². The maximum absolute atomic E-state index is 12.2. The fourth-order valence-electron chi connectivity index (χ4n) is 2.92. The highest BCUT2D eigenvalue weighted by Gasteiger charge is 2.31.